The largest absolute Gasteiger partial charge is 0.302 e. The van der Waals surface area contributed by atoms with E-state index in [0.29, 0.717) is 18.1 Å². The number of nitrogens with one attached hydrogen (secondary N) is 1. The number of sulfonamides is 1. The van der Waals surface area contributed by atoms with Gasteiger partial charge in [0.2, 0.25) is 15.9 Å². The normalized spacial score (nSPS) is 21.2. The van der Waals surface area contributed by atoms with Crippen molar-refractivity contribution in [1.29, 1.82) is 0 Å². The van der Waals surface area contributed by atoms with Gasteiger partial charge in [-0.2, -0.15) is 0 Å². The molecule has 19 heavy (non-hydrogen) atoms. The van der Waals surface area contributed by atoms with Crippen molar-refractivity contribution in [1.82, 2.24) is 9.29 Å². The molecule has 0 radical (unpaired) electrons. The van der Waals surface area contributed by atoms with E-state index in [1.165, 1.54) is 15.6 Å². The molecule has 0 aliphatic carbocycles. The summed E-state index contributed by atoms with van der Waals surface area (Å²) in [7, 11) is -3.21. The van der Waals surface area contributed by atoms with E-state index in [1.54, 1.807) is 18.5 Å². The zero-order valence-electron chi connectivity index (χ0n) is 10.7. The third-order valence-electron chi connectivity index (χ3n) is 3.18. The fourth-order valence-electron chi connectivity index (χ4n) is 2.08. The molecule has 1 aromatic rings. The minimum Gasteiger partial charge on any atom is -0.302 e. The number of hydrogen-bond acceptors (Lipinski definition) is 5. The Morgan fingerprint density at radius 1 is 1.63 bits per heavy atom. The van der Waals surface area contributed by atoms with Crippen molar-refractivity contribution in [3.63, 3.8) is 0 Å². The molecule has 1 N–H and O–H groups in total. The minimum absolute atomic E-state index is 0.0772. The summed E-state index contributed by atoms with van der Waals surface area (Å²) in [6, 6.07) is 0. The van der Waals surface area contributed by atoms with Crippen molar-refractivity contribution in [3.05, 3.63) is 11.6 Å². The molecule has 1 aliphatic rings. The summed E-state index contributed by atoms with van der Waals surface area (Å²) in [4.78, 5) is 16.1. The number of piperidine rings is 1. The van der Waals surface area contributed by atoms with Crippen molar-refractivity contribution in [2.75, 3.05) is 24.2 Å². The van der Waals surface area contributed by atoms with Gasteiger partial charge < -0.3 is 5.32 Å². The van der Waals surface area contributed by atoms with Gasteiger partial charge in [-0.25, -0.2) is 17.7 Å². The molecule has 0 saturated carbocycles. The molecule has 0 bridgehead atoms. The predicted octanol–water partition coefficient (Wildman–Crippen LogP) is 1.14. The van der Waals surface area contributed by atoms with Crippen LogP contribution >= 0.6 is 11.3 Å². The first kappa shape index (κ1) is 14.4. The van der Waals surface area contributed by atoms with E-state index < -0.39 is 10.0 Å². The maximum atomic E-state index is 12.1. The van der Waals surface area contributed by atoms with E-state index in [9.17, 15) is 13.2 Å². The van der Waals surface area contributed by atoms with E-state index in [0.717, 1.165) is 6.42 Å². The van der Waals surface area contributed by atoms with Crippen molar-refractivity contribution >= 4 is 32.4 Å². The number of carbonyl (C=O) groups is 1. The molecule has 2 heterocycles. The molecular weight excluding hydrogens is 286 g/mol. The second-order valence-electron chi connectivity index (χ2n) is 4.42. The molecule has 1 atom stereocenters. The number of amides is 1. The van der Waals surface area contributed by atoms with Gasteiger partial charge in [-0.15, -0.1) is 11.3 Å². The fourth-order valence-corrected chi connectivity index (χ4v) is 3.80. The Morgan fingerprint density at radius 2 is 2.42 bits per heavy atom. The summed E-state index contributed by atoms with van der Waals surface area (Å²) >= 11 is 1.35. The first-order chi connectivity index (χ1) is 9.03. The third kappa shape index (κ3) is 3.52. The topological polar surface area (TPSA) is 79.4 Å². The van der Waals surface area contributed by atoms with Crippen molar-refractivity contribution in [3.8, 4) is 0 Å². The molecule has 0 spiro atoms. The molecule has 6 nitrogen and oxygen atoms in total. The molecule has 0 unspecified atom stereocenters. The van der Waals surface area contributed by atoms with Gasteiger partial charge in [-0.3, -0.25) is 4.79 Å². The average Bonchev–Trinajstić information content (AvgIpc) is 2.91. The van der Waals surface area contributed by atoms with Gasteiger partial charge in [-0.1, -0.05) is 0 Å². The van der Waals surface area contributed by atoms with E-state index >= 15 is 0 Å². The molecule has 1 aliphatic heterocycles. The number of hydrogen-bond donors (Lipinski definition) is 1. The summed E-state index contributed by atoms with van der Waals surface area (Å²) in [5.74, 6) is -0.363. The van der Waals surface area contributed by atoms with E-state index in [4.69, 9.17) is 0 Å². The number of carbonyl (C=O) groups excluding carboxylic acids is 1. The van der Waals surface area contributed by atoms with Crippen LogP contribution < -0.4 is 5.32 Å². The lowest BCUT2D eigenvalue weighted by atomic mass is 9.99. The van der Waals surface area contributed by atoms with Gasteiger partial charge in [-0.05, 0) is 19.8 Å². The van der Waals surface area contributed by atoms with Crippen LogP contribution in [0.5, 0.6) is 0 Å². The van der Waals surface area contributed by atoms with E-state index in [2.05, 4.69) is 10.3 Å². The van der Waals surface area contributed by atoms with Crippen LogP contribution in [0.1, 0.15) is 19.8 Å². The van der Waals surface area contributed by atoms with Crippen molar-refractivity contribution in [2.45, 2.75) is 19.8 Å². The lowest BCUT2D eigenvalue weighted by Gasteiger charge is -2.30. The predicted molar refractivity (Wildman–Crippen MR) is 74.5 cm³/mol. The minimum atomic E-state index is -3.21. The molecular formula is C11H17N3O3S2. The standard InChI is InChI=1S/C11H17N3O3S2/c1-2-19(16,17)14-6-3-4-9(8-14)10(15)13-11-12-5-7-18-11/h5,7,9H,2-4,6,8H2,1H3,(H,12,13,15)/t9-/m1/s1. The van der Waals surface area contributed by atoms with Crippen molar-refractivity contribution in [2.24, 2.45) is 5.92 Å². The molecule has 1 saturated heterocycles. The number of aromatic nitrogens is 1. The van der Waals surface area contributed by atoms with Gasteiger partial charge in [0, 0.05) is 24.7 Å². The Balaban J connectivity index is 1.99. The van der Waals surface area contributed by atoms with Gasteiger partial charge in [0.15, 0.2) is 5.13 Å². The molecule has 1 aromatic heterocycles. The zero-order valence-corrected chi connectivity index (χ0v) is 12.3. The lowest BCUT2D eigenvalue weighted by Crippen LogP contribution is -2.44. The summed E-state index contributed by atoms with van der Waals surface area (Å²) in [6.45, 7) is 2.40. The highest BCUT2D eigenvalue weighted by Crippen LogP contribution is 2.21. The van der Waals surface area contributed by atoms with Crippen LogP contribution in [0.3, 0.4) is 0 Å². The quantitative estimate of drug-likeness (QED) is 0.904. The molecule has 0 aromatic carbocycles. The van der Waals surface area contributed by atoms with Crippen LogP contribution in [0.25, 0.3) is 0 Å². The third-order valence-corrected chi connectivity index (χ3v) is 5.71. The van der Waals surface area contributed by atoms with Crippen LogP contribution in [-0.4, -0.2) is 42.5 Å². The summed E-state index contributed by atoms with van der Waals surface area (Å²) in [5, 5.41) is 5.07. The number of thiazole rings is 1. The number of rotatable bonds is 4. The summed E-state index contributed by atoms with van der Waals surface area (Å²) in [6.07, 6.45) is 3.05. The molecule has 106 valence electrons. The van der Waals surface area contributed by atoms with Crippen LogP contribution in [-0.2, 0) is 14.8 Å². The molecule has 8 heteroatoms. The van der Waals surface area contributed by atoms with Crippen molar-refractivity contribution < 1.29 is 13.2 Å². The van der Waals surface area contributed by atoms with Gasteiger partial charge in [0.1, 0.15) is 0 Å². The van der Waals surface area contributed by atoms with Crippen LogP contribution in [0.4, 0.5) is 5.13 Å². The van der Waals surface area contributed by atoms with Gasteiger partial charge >= 0.3 is 0 Å². The average molecular weight is 303 g/mol. The number of anilines is 1. The van der Waals surface area contributed by atoms with Crippen LogP contribution in [0.15, 0.2) is 11.6 Å². The Morgan fingerprint density at radius 3 is 3.05 bits per heavy atom. The van der Waals surface area contributed by atoms with Crippen LogP contribution in [0.2, 0.25) is 0 Å². The smallest absolute Gasteiger partial charge is 0.230 e. The Bertz CT molecular complexity index is 527. The second-order valence-corrected chi connectivity index (χ2v) is 7.58. The highest BCUT2D eigenvalue weighted by Gasteiger charge is 2.31. The Kier molecular flexibility index (Phi) is 4.54. The maximum Gasteiger partial charge on any atom is 0.230 e. The number of nitrogens with zero attached hydrogens (tertiary/aromatic N) is 2. The SMILES string of the molecule is CCS(=O)(=O)N1CCC[C@@H](C(=O)Nc2nccs2)C1. The highest BCUT2D eigenvalue weighted by molar-refractivity contribution is 7.89. The Labute approximate surface area is 116 Å². The lowest BCUT2D eigenvalue weighted by molar-refractivity contribution is -0.120. The first-order valence-corrected chi connectivity index (χ1v) is 8.70. The maximum absolute atomic E-state index is 12.1. The van der Waals surface area contributed by atoms with Crippen LogP contribution in [0, 0.1) is 5.92 Å². The Hall–Kier alpha value is -0.990. The second kappa shape index (κ2) is 5.98. The summed E-state index contributed by atoms with van der Waals surface area (Å²) in [5.41, 5.74) is 0. The monoisotopic (exact) mass is 303 g/mol. The fraction of sp³-hybridized carbons (Fsp3) is 0.636. The van der Waals surface area contributed by atoms with E-state index in [-0.39, 0.29) is 24.1 Å². The van der Waals surface area contributed by atoms with E-state index in [1.807, 2.05) is 0 Å². The molecule has 1 fully saturated rings. The molecule has 2 rings (SSSR count). The van der Waals surface area contributed by atoms with Gasteiger partial charge in [0.05, 0.1) is 11.7 Å². The molecule has 1 amide bonds. The zero-order chi connectivity index (χ0) is 13.9. The van der Waals surface area contributed by atoms with Gasteiger partial charge in [0.25, 0.3) is 0 Å². The first-order valence-electron chi connectivity index (χ1n) is 6.21. The summed E-state index contributed by atoms with van der Waals surface area (Å²) < 4.78 is 25.1. The highest BCUT2D eigenvalue weighted by atomic mass is 32.2.